The van der Waals surface area contributed by atoms with Gasteiger partial charge in [-0.15, -0.1) is 0 Å². The first kappa shape index (κ1) is 29.3. The molecule has 9 nitrogen and oxygen atoms in total. The average molecular weight is 600 g/mol. The Hall–Kier alpha value is -5.83. The fourth-order valence-electron chi connectivity index (χ4n) is 5.40. The largest absolute Gasteiger partial charge is 0.486 e. The molecule has 45 heavy (non-hydrogen) atoms. The summed E-state index contributed by atoms with van der Waals surface area (Å²) in [4.78, 5) is 25.6. The van der Waals surface area contributed by atoms with Gasteiger partial charge in [-0.05, 0) is 87.5 Å². The van der Waals surface area contributed by atoms with E-state index >= 15 is 0 Å². The predicted molar refractivity (Wildman–Crippen MR) is 175 cm³/mol. The molecule has 6 aromatic rings. The zero-order valence-corrected chi connectivity index (χ0v) is 25.3. The van der Waals surface area contributed by atoms with Crippen LogP contribution in [0.1, 0.15) is 39.0 Å². The highest BCUT2D eigenvalue weighted by Gasteiger charge is 2.16. The molecule has 0 fully saturated rings. The minimum absolute atomic E-state index is 0.122. The molecule has 3 heterocycles. The van der Waals surface area contributed by atoms with Crippen LogP contribution in [0.2, 0.25) is 0 Å². The van der Waals surface area contributed by atoms with Gasteiger partial charge in [0, 0.05) is 44.9 Å². The van der Waals surface area contributed by atoms with E-state index in [2.05, 4.69) is 46.4 Å². The second kappa shape index (κ2) is 12.8. The quantitative estimate of drug-likeness (QED) is 0.132. The Labute approximate surface area is 260 Å². The van der Waals surface area contributed by atoms with Crippen molar-refractivity contribution in [3.8, 4) is 11.4 Å². The van der Waals surface area contributed by atoms with Crippen LogP contribution in [0.25, 0.3) is 16.6 Å². The number of anilines is 1. The molecule has 0 saturated carbocycles. The Balaban J connectivity index is 1.08. The molecule has 0 radical (unpaired) electrons. The lowest BCUT2D eigenvalue weighted by molar-refractivity contribution is -0.116. The summed E-state index contributed by atoms with van der Waals surface area (Å²) in [6.07, 6.45) is 1.59. The first-order chi connectivity index (χ1) is 21.9. The van der Waals surface area contributed by atoms with E-state index in [-0.39, 0.29) is 24.8 Å². The van der Waals surface area contributed by atoms with Crippen molar-refractivity contribution in [1.82, 2.24) is 14.6 Å². The minimum Gasteiger partial charge on any atom is -0.486 e. The van der Waals surface area contributed by atoms with Gasteiger partial charge in [0.2, 0.25) is 5.91 Å². The number of aromatic nitrogens is 2. The first-order valence-electron chi connectivity index (χ1n) is 14.6. The topological polar surface area (TPSA) is 103 Å². The zero-order chi connectivity index (χ0) is 31.3. The van der Waals surface area contributed by atoms with E-state index in [0.29, 0.717) is 11.5 Å². The fourth-order valence-corrected chi connectivity index (χ4v) is 5.40. The summed E-state index contributed by atoms with van der Waals surface area (Å²) in [7, 11) is 0. The summed E-state index contributed by atoms with van der Waals surface area (Å²) in [6, 6.07) is 32.4. The molecule has 3 aromatic carbocycles. The van der Waals surface area contributed by atoms with E-state index in [1.807, 2.05) is 90.4 Å². The Morgan fingerprint density at radius 2 is 1.56 bits per heavy atom. The van der Waals surface area contributed by atoms with Gasteiger partial charge in [-0.25, -0.2) is 5.43 Å². The molecule has 0 spiro atoms. The number of rotatable bonds is 10. The normalized spacial score (nSPS) is 11.3. The van der Waals surface area contributed by atoms with Crippen LogP contribution in [-0.2, 0) is 17.9 Å². The third-order valence-electron chi connectivity index (χ3n) is 7.63. The SMILES string of the molecule is Cc1ccc(C)n1-c1ccc(OCc2ccc(C(=O)N/N=C/c3c(C)n(CC(=O)Nc4ccccc4)c4ccccc34)o2)cc1. The lowest BCUT2D eigenvalue weighted by Crippen LogP contribution is -2.19. The van der Waals surface area contributed by atoms with E-state index in [1.165, 1.54) is 0 Å². The number of hydrogen-bond acceptors (Lipinski definition) is 5. The summed E-state index contributed by atoms with van der Waals surface area (Å²) in [6.45, 7) is 6.38. The van der Waals surface area contributed by atoms with Crippen LogP contribution in [0.4, 0.5) is 5.69 Å². The number of para-hydroxylation sites is 2. The molecule has 0 unspecified atom stereocenters. The van der Waals surface area contributed by atoms with Gasteiger partial charge in [0.25, 0.3) is 0 Å². The number of hydrogen-bond donors (Lipinski definition) is 2. The van der Waals surface area contributed by atoms with Crippen molar-refractivity contribution in [3.63, 3.8) is 0 Å². The van der Waals surface area contributed by atoms with Crippen molar-refractivity contribution in [3.05, 3.63) is 137 Å². The third kappa shape index (κ3) is 6.42. The Bertz CT molecular complexity index is 1980. The second-order valence-electron chi connectivity index (χ2n) is 10.7. The molecule has 0 saturated heterocycles. The molecule has 0 aliphatic rings. The van der Waals surface area contributed by atoms with E-state index < -0.39 is 5.91 Å². The maximum atomic E-state index is 12.8. The minimum atomic E-state index is -0.483. The molecule has 2 amide bonds. The van der Waals surface area contributed by atoms with Crippen molar-refractivity contribution in [2.75, 3.05) is 5.32 Å². The second-order valence-corrected chi connectivity index (χ2v) is 10.7. The smallest absolute Gasteiger partial charge is 0.307 e. The highest BCUT2D eigenvalue weighted by molar-refractivity contribution is 6.02. The molecular weight excluding hydrogens is 566 g/mol. The summed E-state index contributed by atoms with van der Waals surface area (Å²) in [5, 5.41) is 8.05. The van der Waals surface area contributed by atoms with Gasteiger partial charge in [0.1, 0.15) is 24.7 Å². The Kier molecular flexibility index (Phi) is 8.32. The van der Waals surface area contributed by atoms with Crippen LogP contribution in [0.15, 0.2) is 113 Å². The lowest BCUT2D eigenvalue weighted by Gasteiger charge is -2.10. The molecular formula is C36H33N5O4. The maximum Gasteiger partial charge on any atom is 0.307 e. The molecule has 0 aliphatic heterocycles. The number of amides is 2. The van der Waals surface area contributed by atoms with Gasteiger partial charge < -0.3 is 23.6 Å². The number of benzene rings is 3. The summed E-state index contributed by atoms with van der Waals surface area (Å²) >= 11 is 0. The molecule has 6 rings (SSSR count). The van der Waals surface area contributed by atoms with Crippen molar-refractivity contribution >= 4 is 34.6 Å². The van der Waals surface area contributed by atoms with Gasteiger partial charge in [-0.2, -0.15) is 5.10 Å². The number of furan rings is 1. The third-order valence-corrected chi connectivity index (χ3v) is 7.63. The number of carbonyl (C=O) groups is 2. The van der Waals surface area contributed by atoms with Crippen molar-refractivity contribution in [2.24, 2.45) is 5.10 Å². The molecule has 0 aliphatic carbocycles. The average Bonchev–Trinajstić information content (AvgIpc) is 3.73. The number of hydrazone groups is 1. The highest BCUT2D eigenvalue weighted by Crippen LogP contribution is 2.25. The van der Waals surface area contributed by atoms with E-state index in [4.69, 9.17) is 9.15 Å². The number of fused-ring (bicyclic) bond motifs is 1. The predicted octanol–water partition coefficient (Wildman–Crippen LogP) is 6.93. The zero-order valence-electron chi connectivity index (χ0n) is 25.3. The van der Waals surface area contributed by atoms with Gasteiger partial charge in [-0.1, -0.05) is 36.4 Å². The number of nitrogens with zero attached hydrogens (tertiary/aromatic N) is 3. The van der Waals surface area contributed by atoms with Crippen LogP contribution in [0.3, 0.4) is 0 Å². The maximum absolute atomic E-state index is 12.8. The van der Waals surface area contributed by atoms with Crippen molar-refractivity contribution in [2.45, 2.75) is 33.9 Å². The van der Waals surface area contributed by atoms with Gasteiger partial charge in [-0.3, -0.25) is 9.59 Å². The van der Waals surface area contributed by atoms with Gasteiger partial charge in [0.05, 0.1) is 6.21 Å². The van der Waals surface area contributed by atoms with Crippen molar-refractivity contribution in [1.29, 1.82) is 0 Å². The molecule has 2 N–H and O–H groups in total. The van der Waals surface area contributed by atoms with E-state index in [9.17, 15) is 9.59 Å². The molecule has 3 aromatic heterocycles. The Morgan fingerprint density at radius 3 is 2.31 bits per heavy atom. The number of ether oxygens (including phenoxy) is 1. The van der Waals surface area contributed by atoms with Crippen LogP contribution in [0.5, 0.6) is 5.75 Å². The molecule has 226 valence electrons. The number of nitrogens with one attached hydrogen (secondary N) is 2. The standard InChI is InChI=1S/C36H33N5O4/c1-24-13-14-25(2)41(24)28-15-17-29(18-16-28)44-23-30-19-20-34(45-30)36(43)39-37-21-32-26(3)40(33-12-8-7-11-31(32)33)22-35(42)38-27-9-5-4-6-10-27/h4-21H,22-23H2,1-3H3,(H,38,42)(H,39,43)/b37-21+. The number of carbonyl (C=O) groups excluding carboxylic acids is 2. The lowest BCUT2D eigenvalue weighted by atomic mass is 10.1. The highest BCUT2D eigenvalue weighted by atomic mass is 16.5. The summed E-state index contributed by atoms with van der Waals surface area (Å²) < 4.78 is 15.7. The van der Waals surface area contributed by atoms with E-state index in [0.717, 1.165) is 44.9 Å². The van der Waals surface area contributed by atoms with Crippen LogP contribution >= 0.6 is 0 Å². The van der Waals surface area contributed by atoms with Gasteiger partial charge in [0.15, 0.2) is 5.76 Å². The van der Waals surface area contributed by atoms with E-state index in [1.54, 1.807) is 18.3 Å². The van der Waals surface area contributed by atoms with Crippen LogP contribution in [-0.4, -0.2) is 27.2 Å². The summed E-state index contributed by atoms with van der Waals surface area (Å²) in [5.74, 6) is 0.705. The monoisotopic (exact) mass is 599 g/mol. The van der Waals surface area contributed by atoms with Gasteiger partial charge >= 0.3 is 5.91 Å². The van der Waals surface area contributed by atoms with Crippen LogP contribution < -0.4 is 15.5 Å². The Morgan fingerprint density at radius 1 is 0.844 bits per heavy atom. The van der Waals surface area contributed by atoms with Crippen molar-refractivity contribution < 1.29 is 18.7 Å². The van der Waals surface area contributed by atoms with Crippen LogP contribution in [0, 0.1) is 20.8 Å². The fraction of sp³-hybridized carbons (Fsp3) is 0.139. The number of aryl methyl sites for hydroxylation is 2. The molecule has 0 bridgehead atoms. The summed E-state index contributed by atoms with van der Waals surface area (Å²) in [5.41, 5.74) is 9.22. The molecule has 0 atom stereocenters. The first-order valence-corrected chi connectivity index (χ1v) is 14.6. The molecule has 9 heteroatoms.